The topological polar surface area (TPSA) is 26.3 Å². The molecule has 0 amide bonds. The first-order valence-electron chi connectivity index (χ1n) is 31.1. The molecule has 12 aromatic rings. The van der Waals surface area contributed by atoms with Crippen molar-refractivity contribution in [2.24, 2.45) is 0 Å². The number of furan rings is 2. The zero-order chi connectivity index (χ0) is 61.4. The molecule has 0 N–H and O–H groups in total. The Labute approximate surface area is 352 Å². The fourth-order valence-electron chi connectivity index (χ4n) is 6.78. The van der Waals surface area contributed by atoms with Gasteiger partial charge < -0.3 is 8.83 Å². The summed E-state index contributed by atoms with van der Waals surface area (Å²) in [7, 11) is 0. The summed E-state index contributed by atoms with van der Waals surface area (Å²) in [5, 5.41) is -6.91. The quantitative estimate of drug-likeness (QED) is 0.170. The average molecular weight is 717 g/mol. The average Bonchev–Trinajstić information content (AvgIpc) is 1.01. The minimum Gasteiger partial charge on any atom is -0.456 e. The van der Waals surface area contributed by atoms with Gasteiger partial charge in [-0.15, -0.1) is 0 Å². The number of rotatable bonds is 3. The van der Waals surface area contributed by atoms with Crippen molar-refractivity contribution in [3.8, 4) is 33.4 Å². The van der Waals surface area contributed by atoms with Gasteiger partial charge in [-0.05, 0) is 125 Å². The van der Waals surface area contributed by atoms with Crippen LogP contribution >= 0.6 is 0 Å². The van der Waals surface area contributed by atoms with Crippen LogP contribution in [0.5, 0.6) is 0 Å². The van der Waals surface area contributed by atoms with Crippen LogP contribution in [-0.2, 0) is 0 Å². The highest BCUT2D eigenvalue weighted by molar-refractivity contribution is 6.26. The molecule has 54 heavy (non-hydrogen) atoms. The summed E-state index contributed by atoms with van der Waals surface area (Å²) in [5.74, 6) is 0. The van der Waals surface area contributed by atoms with E-state index in [4.69, 9.17) is 29.4 Å². The molecule has 0 aliphatic rings. The van der Waals surface area contributed by atoms with Crippen LogP contribution in [0.4, 0.5) is 0 Å². The van der Waals surface area contributed by atoms with Crippen molar-refractivity contribution >= 4 is 87.0 Å². The molecule has 2 nitrogen and oxygen atoms in total. The molecule has 0 fully saturated rings. The Bertz CT molecular complexity index is 5170. The molecule has 0 aliphatic heterocycles. The molecule has 2 heterocycles. The van der Waals surface area contributed by atoms with E-state index in [1.807, 2.05) is 0 Å². The number of para-hydroxylation sites is 1. The molecular weight excluding hydrogens is 657 g/mol. The van der Waals surface area contributed by atoms with Crippen molar-refractivity contribution in [2.75, 3.05) is 0 Å². The third kappa shape index (κ3) is 4.28. The molecule has 0 atom stereocenters. The van der Waals surface area contributed by atoms with Crippen LogP contribution in [0.2, 0.25) is 0 Å². The van der Waals surface area contributed by atoms with Crippen LogP contribution < -0.4 is 0 Å². The minimum atomic E-state index is -1.09. The summed E-state index contributed by atoms with van der Waals surface area (Å²) < 4.78 is 284. The molecule has 0 radical (unpaired) electrons. The molecule has 0 spiro atoms. The summed E-state index contributed by atoms with van der Waals surface area (Å²) in [6.07, 6.45) is 0. The molecule has 2 heteroatoms. The van der Waals surface area contributed by atoms with Crippen molar-refractivity contribution in [1.82, 2.24) is 0 Å². The van der Waals surface area contributed by atoms with Crippen LogP contribution in [0.25, 0.3) is 120 Å². The fourth-order valence-corrected chi connectivity index (χ4v) is 6.78. The fraction of sp³-hybridized carbons (Fsp3) is 0. The zero-order valence-electron chi connectivity index (χ0n) is 56.8. The molecule has 0 saturated heterocycles. The van der Waals surface area contributed by atoms with Crippen molar-refractivity contribution < 1.29 is 50.0 Å². The maximum absolute atomic E-state index is 9.85. The summed E-state index contributed by atoms with van der Waals surface area (Å²) in [4.78, 5) is 0. The van der Waals surface area contributed by atoms with Gasteiger partial charge in [-0.2, -0.15) is 0 Å². The van der Waals surface area contributed by atoms with Gasteiger partial charge in [-0.3, -0.25) is 0 Å². The van der Waals surface area contributed by atoms with Gasteiger partial charge in [-0.1, -0.05) is 133 Å². The van der Waals surface area contributed by atoms with Gasteiger partial charge in [0.1, 0.15) is 22.3 Å². The first-order valence-corrected chi connectivity index (χ1v) is 16.1. The first-order chi connectivity index (χ1) is 39.3. The Hall–Kier alpha value is -7.16. The predicted molar refractivity (Wildman–Crippen MR) is 227 cm³/mol. The van der Waals surface area contributed by atoms with Gasteiger partial charge in [0, 0.05) is 21.5 Å². The predicted octanol–water partition coefficient (Wildman–Crippen LogP) is 15.1. The first kappa shape index (κ1) is 12.8. The summed E-state index contributed by atoms with van der Waals surface area (Å²) in [6.45, 7) is 0. The van der Waals surface area contributed by atoms with Gasteiger partial charge in [0.05, 0.1) is 41.1 Å². The van der Waals surface area contributed by atoms with E-state index in [1.54, 1.807) is 0 Å². The van der Waals surface area contributed by atoms with E-state index >= 15 is 0 Å². The molecule has 0 unspecified atom stereocenters. The Morgan fingerprint density at radius 1 is 0.278 bits per heavy atom. The van der Waals surface area contributed by atoms with E-state index in [0.29, 0.717) is 0 Å². The highest BCUT2D eigenvalue weighted by Gasteiger charge is 2.19. The van der Waals surface area contributed by atoms with Gasteiger partial charge in [0.15, 0.2) is 0 Å². The highest BCUT2D eigenvalue weighted by Crippen LogP contribution is 2.45. The van der Waals surface area contributed by atoms with Gasteiger partial charge in [0.25, 0.3) is 0 Å². The Balaban J connectivity index is 1.22. The SMILES string of the molecule is [2H]c1c([2H])c([2H])c2c(oc3c([2H])c([2H])c4oc5c([2H])c(-c6c([2H])c([2H])c7c([2H])c(-c8c9c([2H])c([2H])c([2H])c([2H])c9c(-c9c([2H])c([2H])c%10c([2H])c([2H])c([2H])c([2H])c%10c9[2H])c9c([2H])c([2H])c([2H])c([2H])c89)c([2H])c([2H])c7c6[2H])c([2H])c([2H])c5c4c32)c1[2H]. The van der Waals surface area contributed by atoms with Crippen LogP contribution in [0.1, 0.15) is 41.1 Å². The molecule has 10 aromatic carbocycles. The standard InChI is InChI=1S/C52H30O2/c1-2-10-32-28-37(21-17-31(32)9-1)49-39-11-3-5-13-41(39)50(42-14-6-4-12-40(42)49)38-22-20-33-27-34(18-19-35(33)29-38)36-23-24-44-48(30-36)54-47-26-25-46-51(52(44)47)43-15-7-8-16-45(43)53-46/h1-30H/i1D,2D,3D,4D,5D,6D,7D,8D,9D,10D,11D,12D,13D,14D,15D,16D,17D,18D,19D,20D,21D,22D,23D,24D,25D,26D,27D,28D,29D,30D. The third-order valence-corrected chi connectivity index (χ3v) is 9.08. The largest absolute Gasteiger partial charge is 0.456 e. The van der Waals surface area contributed by atoms with Crippen LogP contribution in [0, 0.1) is 0 Å². The van der Waals surface area contributed by atoms with Gasteiger partial charge in [-0.25, -0.2) is 0 Å². The minimum absolute atomic E-state index is 0.216. The summed E-state index contributed by atoms with van der Waals surface area (Å²) >= 11 is 0. The lowest BCUT2D eigenvalue weighted by molar-refractivity contribution is 0.663. The van der Waals surface area contributed by atoms with E-state index in [-0.39, 0.29) is 21.5 Å². The molecule has 0 bridgehead atoms. The van der Waals surface area contributed by atoms with Crippen molar-refractivity contribution in [2.45, 2.75) is 0 Å². The molecular formula is C52H30O2. The lowest BCUT2D eigenvalue weighted by Crippen LogP contribution is -1.91. The van der Waals surface area contributed by atoms with Crippen LogP contribution in [0.3, 0.4) is 0 Å². The lowest BCUT2D eigenvalue weighted by Gasteiger charge is -2.18. The maximum atomic E-state index is 9.85. The van der Waals surface area contributed by atoms with Crippen molar-refractivity contribution in [3.05, 3.63) is 181 Å². The molecule has 250 valence electrons. The van der Waals surface area contributed by atoms with Crippen LogP contribution in [-0.4, -0.2) is 0 Å². The zero-order valence-corrected chi connectivity index (χ0v) is 26.8. The monoisotopic (exact) mass is 716 g/mol. The number of fused-ring (bicyclic) bond motifs is 11. The Kier molecular flexibility index (Phi) is 2.64. The van der Waals surface area contributed by atoms with E-state index in [2.05, 4.69) is 0 Å². The normalized spacial score (nSPS) is 19.9. The van der Waals surface area contributed by atoms with Gasteiger partial charge in [0.2, 0.25) is 0 Å². The number of benzene rings is 10. The second-order valence-electron chi connectivity index (χ2n) is 12.0. The number of hydrogen-bond donors (Lipinski definition) is 0. The van der Waals surface area contributed by atoms with E-state index in [9.17, 15) is 20.6 Å². The Morgan fingerprint density at radius 3 is 1.31 bits per heavy atom. The Morgan fingerprint density at radius 2 is 0.685 bits per heavy atom. The maximum Gasteiger partial charge on any atom is 0.136 e. The summed E-state index contributed by atoms with van der Waals surface area (Å²) in [5.41, 5.74) is -6.57. The second kappa shape index (κ2) is 11.2. The van der Waals surface area contributed by atoms with E-state index in [1.165, 1.54) is 0 Å². The third-order valence-electron chi connectivity index (χ3n) is 9.08. The molecule has 2 aromatic heterocycles. The smallest absolute Gasteiger partial charge is 0.136 e. The van der Waals surface area contributed by atoms with Crippen molar-refractivity contribution in [1.29, 1.82) is 0 Å². The molecule has 12 rings (SSSR count). The van der Waals surface area contributed by atoms with Crippen molar-refractivity contribution in [3.63, 3.8) is 0 Å². The van der Waals surface area contributed by atoms with E-state index < -0.39 is 280 Å². The van der Waals surface area contributed by atoms with E-state index in [0.717, 1.165) is 0 Å². The van der Waals surface area contributed by atoms with Crippen LogP contribution in [0.15, 0.2) is 190 Å². The van der Waals surface area contributed by atoms with Gasteiger partial charge >= 0.3 is 0 Å². The molecule has 0 saturated carbocycles. The lowest BCUT2D eigenvalue weighted by atomic mass is 9.85. The highest BCUT2D eigenvalue weighted by atomic mass is 16.3. The summed E-state index contributed by atoms with van der Waals surface area (Å²) in [6, 6.07) is -27.0. The number of hydrogen-bond acceptors (Lipinski definition) is 2. The molecule has 0 aliphatic carbocycles. The second-order valence-corrected chi connectivity index (χ2v) is 12.0.